The zero-order chi connectivity index (χ0) is 20.3. The van der Waals surface area contributed by atoms with Gasteiger partial charge in [-0.15, -0.1) is 0 Å². The van der Waals surface area contributed by atoms with Crippen LogP contribution in [0.3, 0.4) is 0 Å². The molecule has 0 fully saturated rings. The molecule has 146 valence electrons. The number of fused-ring (bicyclic) bond motifs is 1. The smallest absolute Gasteiger partial charge is 0.409 e. The number of nitrogens with two attached hydrogens (primary N) is 1. The van der Waals surface area contributed by atoms with E-state index in [2.05, 4.69) is 5.32 Å². The lowest BCUT2D eigenvalue weighted by molar-refractivity contribution is 0.0510. The van der Waals surface area contributed by atoms with E-state index in [4.69, 9.17) is 10.5 Å². The van der Waals surface area contributed by atoms with Gasteiger partial charge < -0.3 is 15.8 Å². The second-order valence-corrected chi connectivity index (χ2v) is 7.51. The summed E-state index contributed by atoms with van der Waals surface area (Å²) in [7, 11) is 0. The standard InChI is InChI=1S/C22H25N3O3/c1-22(2,3)28-21(27)24-14-25-18(13-23)19(15-9-5-4-6-10-15)16-11-7-8-12-17(16)20(25)26/h4-12H,13-14,23H2,1-3H3,(H,24,27). The summed E-state index contributed by atoms with van der Waals surface area (Å²) in [6.45, 7) is 5.49. The molecule has 1 aromatic heterocycles. The molecule has 1 heterocycles. The van der Waals surface area contributed by atoms with Gasteiger partial charge in [-0.25, -0.2) is 4.79 Å². The highest BCUT2D eigenvalue weighted by Gasteiger charge is 2.19. The second kappa shape index (κ2) is 7.86. The molecular formula is C22H25N3O3. The molecule has 0 saturated carbocycles. The Labute approximate surface area is 163 Å². The third kappa shape index (κ3) is 4.07. The topological polar surface area (TPSA) is 86.3 Å². The van der Waals surface area contributed by atoms with Crippen molar-refractivity contribution in [1.29, 1.82) is 0 Å². The van der Waals surface area contributed by atoms with Crippen molar-refractivity contribution in [2.75, 3.05) is 0 Å². The zero-order valence-corrected chi connectivity index (χ0v) is 16.4. The minimum Gasteiger partial charge on any atom is -0.444 e. The van der Waals surface area contributed by atoms with E-state index in [1.165, 1.54) is 4.57 Å². The fourth-order valence-corrected chi connectivity index (χ4v) is 3.21. The summed E-state index contributed by atoms with van der Waals surface area (Å²) in [5, 5.41) is 4.07. The van der Waals surface area contributed by atoms with Gasteiger partial charge in [0.05, 0.1) is 0 Å². The Kier molecular flexibility index (Phi) is 5.51. The lowest BCUT2D eigenvalue weighted by Gasteiger charge is -2.22. The first-order valence-electron chi connectivity index (χ1n) is 9.18. The maximum Gasteiger partial charge on any atom is 0.409 e. The molecule has 28 heavy (non-hydrogen) atoms. The molecule has 3 N–H and O–H groups in total. The fraction of sp³-hybridized carbons (Fsp3) is 0.273. The Morgan fingerprint density at radius 3 is 2.25 bits per heavy atom. The monoisotopic (exact) mass is 379 g/mol. The number of pyridine rings is 1. The highest BCUT2D eigenvalue weighted by Crippen LogP contribution is 2.30. The summed E-state index contributed by atoms with van der Waals surface area (Å²) in [6, 6.07) is 17.2. The van der Waals surface area contributed by atoms with Gasteiger partial charge in [0.25, 0.3) is 5.56 Å². The molecule has 0 radical (unpaired) electrons. The van der Waals surface area contributed by atoms with E-state index in [1.807, 2.05) is 48.5 Å². The normalized spacial score (nSPS) is 11.4. The van der Waals surface area contributed by atoms with Crippen LogP contribution in [-0.2, 0) is 18.0 Å². The first kappa shape index (κ1) is 19.6. The molecule has 0 bridgehead atoms. The molecule has 0 saturated heterocycles. The molecule has 0 aliphatic carbocycles. The molecule has 0 unspecified atom stereocenters. The highest BCUT2D eigenvalue weighted by atomic mass is 16.6. The number of aromatic nitrogens is 1. The van der Waals surface area contributed by atoms with Gasteiger partial charge in [0, 0.05) is 23.2 Å². The summed E-state index contributed by atoms with van der Waals surface area (Å²) < 4.78 is 6.79. The maximum atomic E-state index is 13.1. The van der Waals surface area contributed by atoms with E-state index < -0.39 is 11.7 Å². The van der Waals surface area contributed by atoms with Gasteiger partial charge in [0.2, 0.25) is 0 Å². The number of nitrogens with zero attached hydrogens (tertiary/aromatic N) is 1. The third-order valence-corrected chi connectivity index (χ3v) is 4.32. The molecule has 0 atom stereocenters. The van der Waals surface area contributed by atoms with Crippen molar-refractivity contribution in [2.24, 2.45) is 5.73 Å². The summed E-state index contributed by atoms with van der Waals surface area (Å²) in [4.78, 5) is 25.2. The molecule has 1 amide bonds. The van der Waals surface area contributed by atoms with Gasteiger partial charge in [-0.1, -0.05) is 48.5 Å². The van der Waals surface area contributed by atoms with Crippen LogP contribution in [0.5, 0.6) is 0 Å². The summed E-state index contributed by atoms with van der Waals surface area (Å²) in [6.07, 6.45) is -0.586. The summed E-state index contributed by atoms with van der Waals surface area (Å²) in [5.41, 5.74) is 7.74. The predicted molar refractivity (Wildman–Crippen MR) is 111 cm³/mol. The summed E-state index contributed by atoms with van der Waals surface area (Å²) >= 11 is 0. The molecule has 0 spiro atoms. The third-order valence-electron chi connectivity index (χ3n) is 4.32. The quantitative estimate of drug-likeness (QED) is 0.725. The van der Waals surface area contributed by atoms with E-state index in [1.54, 1.807) is 26.8 Å². The number of rotatable bonds is 4. The Morgan fingerprint density at radius 1 is 1.04 bits per heavy atom. The average Bonchev–Trinajstić information content (AvgIpc) is 2.66. The molecule has 0 aliphatic rings. The van der Waals surface area contributed by atoms with E-state index in [0.717, 1.165) is 16.5 Å². The second-order valence-electron chi connectivity index (χ2n) is 7.51. The lowest BCUT2D eigenvalue weighted by Crippen LogP contribution is -2.38. The van der Waals surface area contributed by atoms with Gasteiger partial charge in [-0.2, -0.15) is 0 Å². The van der Waals surface area contributed by atoms with Crippen LogP contribution in [-0.4, -0.2) is 16.3 Å². The summed E-state index contributed by atoms with van der Waals surface area (Å²) in [5.74, 6) is 0. The average molecular weight is 379 g/mol. The fourth-order valence-electron chi connectivity index (χ4n) is 3.21. The lowest BCUT2D eigenvalue weighted by atomic mass is 9.97. The van der Waals surface area contributed by atoms with Crippen LogP contribution in [0.4, 0.5) is 4.79 Å². The van der Waals surface area contributed by atoms with E-state index >= 15 is 0 Å². The number of alkyl carbamates (subject to hydrolysis) is 1. The van der Waals surface area contributed by atoms with Gasteiger partial charge in [-0.05, 0) is 37.8 Å². The Morgan fingerprint density at radius 2 is 1.64 bits per heavy atom. The van der Waals surface area contributed by atoms with Gasteiger partial charge in [-0.3, -0.25) is 9.36 Å². The number of carbonyl (C=O) groups excluding carboxylic acids is 1. The maximum absolute atomic E-state index is 13.1. The Hall–Kier alpha value is -3.12. The number of amides is 1. The molecule has 0 aliphatic heterocycles. The van der Waals surface area contributed by atoms with Gasteiger partial charge in [0.15, 0.2) is 0 Å². The minimum absolute atomic E-state index is 0.0229. The van der Waals surface area contributed by atoms with Gasteiger partial charge >= 0.3 is 6.09 Å². The van der Waals surface area contributed by atoms with Crippen LogP contribution in [0.2, 0.25) is 0 Å². The number of ether oxygens (including phenoxy) is 1. The van der Waals surface area contributed by atoms with Crippen molar-refractivity contribution in [3.8, 4) is 11.1 Å². The van der Waals surface area contributed by atoms with Crippen molar-refractivity contribution in [2.45, 2.75) is 39.6 Å². The minimum atomic E-state index is -0.621. The van der Waals surface area contributed by atoms with E-state index in [0.29, 0.717) is 11.1 Å². The van der Waals surface area contributed by atoms with Crippen molar-refractivity contribution in [3.63, 3.8) is 0 Å². The van der Waals surface area contributed by atoms with Gasteiger partial charge in [0.1, 0.15) is 12.3 Å². The van der Waals surface area contributed by atoms with Crippen LogP contribution < -0.4 is 16.6 Å². The molecule has 6 nitrogen and oxygen atoms in total. The van der Waals surface area contributed by atoms with Crippen LogP contribution in [0.25, 0.3) is 21.9 Å². The molecule has 6 heteroatoms. The molecule has 3 rings (SSSR count). The first-order chi connectivity index (χ1) is 13.3. The Bertz CT molecular complexity index is 1050. The predicted octanol–water partition coefficient (Wildman–Crippen LogP) is 3.61. The van der Waals surface area contributed by atoms with Crippen molar-refractivity contribution in [3.05, 3.63) is 70.6 Å². The van der Waals surface area contributed by atoms with Crippen LogP contribution >= 0.6 is 0 Å². The van der Waals surface area contributed by atoms with Crippen LogP contribution in [0.15, 0.2) is 59.4 Å². The van der Waals surface area contributed by atoms with E-state index in [-0.39, 0.29) is 18.8 Å². The number of hydrogen-bond acceptors (Lipinski definition) is 4. The molecular weight excluding hydrogens is 354 g/mol. The van der Waals surface area contributed by atoms with E-state index in [9.17, 15) is 9.59 Å². The highest BCUT2D eigenvalue weighted by molar-refractivity contribution is 5.97. The first-order valence-corrected chi connectivity index (χ1v) is 9.18. The SMILES string of the molecule is CC(C)(C)OC(=O)NCn1c(CN)c(-c2ccccc2)c2ccccc2c1=O. The number of benzene rings is 2. The van der Waals surface area contributed by atoms with Crippen LogP contribution in [0.1, 0.15) is 26.5 Å². The van der Waals surface area contributed by atoms with Crippen LogP contribution in [0, 0.1) is 0 Å². The number of nitrogens with one attached hydrogen (secondary N) is 1. The molecule has 3 aromatic rings. The largest absolute Gasteiger partial charge is 0.444 e. The molecule has 2 aromatic carbocycles. The van der Waals surface area contributed by atoms with Crippen molar-refractivity contribution >= 4 is 16.9 Å². The number of hydrogen-bond donors (Lipinski definition) is 2. The number of carbonyl (C=O) groups is 1. The van der Waals surface area contributed by atoms with Crippen molar-refractivity contribution in [1.82, 2.24) is 9.88 Å². The zero-order valence-electron chi connectivity index (χ0n) is 16.4. The Balaban J connectivity index is 2.14. The van der Waals surface area contributed by atoms with Crippen molar-refractivity contribution < 1.29 is 9.53 Å².